The number of nitrogens with two attached hydrogens (primary N) is 4. The van der Waals surface area contributed by atoms with Crippen LogP contribution >= 0.6 is 0 Å². The Hall–Kier alpha value is -1.47. The van der Waals surface area contributed by atoms with Crippen molar-refractivity contribution in [2.45, 2.75) is 68.9 Å². The van der Waals surface area contributed by atoms with Crippen molar-refractivity contribution < 1.29 is 12.3 Å². The topological polar surface area (TPSA) is 151 Å². The summed E-state index contributed by atoms with van der Waals surface area (Å²) in [4.78, 5) is 23.1. The van der Waals surface area contributed by atoms with E-state index in [9.17, 15) is 9.59 Å². The quantitative estimate of drug-likeness (QED) is 0.251. The largest absolute Gasteiger partial charge is 0.370 e. The SMILES string of the molecule is C.C.C.C.C[C@@H](N)C=O.NC(N)=NCCC[C@@H](N)C=O.[3H]C[3H]. The summed E-state index contributed by atoms with van der Waals surface area (Å²) in [7, 11) is -0.250. The number of hydrogen-bond acceptors (Lipinski definition) is 5. The highest BCUT2D eigenvalue weighted by molar-refractivity contribution is 5.75. The van der Waals surface area contributed by atoms with E-state index in [4.69, 9.17) is 25.7 Å². The molecule has 0 spiro atoms. The molecule has 0 radical (unpaired) electrons. The van der Waals surface area contributed by atoms with Gasteiger partial charge in [0.1, 0.15) is 12.6 Å². The Balaban J connectivity index is -0.0000000370. The van der Waals surface area contributed by atoms with Crippen LogP contribution in [0.25, 0.3) is 0 Å². The molecule has 21 heavy (non-hydrogen) atoms. The van der Waals surface area contributed by atoms with Gasteiger partial charge in [-0.2, -0.15) is 0 Å². The molecule has 0 bridgehead atoms. The molecule has 0 aromatic heterocycles. The highest BCUT2D eigenvalue weighted by atomic mass is 16.1. The summed E-state index contributed by atoms with van der Waals surface area (Å²) >= 11 is 0. The Morgan fingerprint density at radius 2 is 1.52 bits per heavy atom. The molecule has 0 aliphatic rings. The number of rotatable bonds is 6. The van der Waals surface area contributed by atoms with Crippen molar-refractivity contribution in [1.82, 2.24) is 0 Å². The fourth-order valence-electron chi connectivity index (χ4n) is 0.603. The minimum absolute atomic E-state index is 0. The number of aldehydes is 2. The summed E-state index contributed by atoms with van der Waals surface area (Å²) in [6, 6.07) is -0.681. The second kappa shape index (κ2) is 31.1. The Morgan fingerprint density at radius 1 is 1.14 bits per heavy atom. The van der Waals surface area contributed by atoms with Crippen LogP contribution in [0.15, 0.2) is 4.99 Å². The van der Waals surface area contributed by atoms with Gasteiger partial charge in [-0.25, -0.2) is 0 Å². The highest BCUT2D eigenvalue weighted by Crippen LogP contribution is 1.91. The lowest BCUT2D eigenvalue weighted by molar-refractivity contribution is -0.109. The molecule has 7 heteroatoms. The zero-order valence-electron chi connectivity index (χ0n) is 12.2. The average molecular weight is 316 g/mol. The maximum absolute atomic E-state index is 10.0. The van der Waals surface area contributed by atoms with Crippen LogP contribution in [-0.2, 0) is 9.59 Å². The zero-order valence-corrected chi connectivity index (χ0v) is 10.2. The molecule has 0 aromatic carbocycles. The first kappa shape index (κ1) is 31.8. The number of carbonyl (C=O) groups excluding carboxylic acids is 2. The lowest BCUT2D eigenvalue weighted by atomic mass is 10.2. The normalized spacial score (nSPS) is 10.6. The maximum Gasteiger partial charge on any atom is 0.185 e. The molecule has 0 rings (SSSR count). The molecule has 0 unspecified atom stereocenters. The Kier molecular flexibility index (Phi) is 47.0. The average Bonchev–Trinajstić information content (AvgIpc) is 2.35. The van der Waals surface area contributed by atoms with E-state index in [2.05, 4.69) is 4.99 Å². The summed E-state index contributed by atoms with van der Waals surface area (Å²) in [5.41, 5.74) is 20.4. The first-order chi connectivity index (χ1) is 8.85. The van der Waals surface area contributed by atoms with Gasteiger partial charge in [-0.05, 0) is 19.8 Å². The summed E-state index contributed by atoms with van der Waals surface area (Å²) in [6.07, 6.45) is 2.77. The molecule has 0 aliphatic carbocycles. The van der Waals surface area contributed by atoms with E-state index in [1.807, 2.05) is 0 Å². The van der Waals surface area contributed by atoms with Crippen LogP contribution in [0.4, 0.5) is 0 Å². The molecule has 0 saturated carbocycles. The van der Waals surface area contributed by atoms with Gasteiger partial charge in [-0.15, -0.1) is 0 Å². The number of carbonyl (C=O) groups is 2. The minimum atomic E-state index is -0.385. The number of aliphatic imine (C=N–C) groups is 1. The van der Waals surface area contributed by atoms with Gasteiger partial charge in [0.2, 0.25) is 0 Å². The first-order valence-corrected chi connectivity index (χ1v) is 4.91. The van der Waals surface area contributed by atoms with Gasteiger partial charge in [0.15, 0.2) is 5.96 Å². The molecule has 7 nitrogen and oxygen atoms in total. The number of nitrogens with zero attached hydrogens (tertiary/aromatic N) is 1. The monoisotopic (exact) mass is 315 g/mol. The molecular formula is C14H41N5O2. The molecule has 0 aromatic rings. The molecule has 0 fully saturated rings. The van der Waals surface area contributed by atoms with E-state index >= 15 is 0 Å². The Labute approximate surface area is 135 Å². The van der Waals surface area contributed by atoms with Crippen LogP contribution in [0.2, 0.25) is 0 Å². The third-order valence-electron chi connectivity index (χ3n) is 1.38. The Morgan fingerprint density at radius 3 is 1.76 bits per heavy atom. The van der Waals surface area contributed by atoms with Gasteiger partial charge < -0.3 is 32.5 Å². The third-order valence-corrected chi connectivity index (χ3v) is 1.38. The predicted octanol–water partition coefficient (Wildman–Crippen LogP) is 1.28. The molecule has 0 aliphatic heterocycles. The molecule has 0 saturated heterocycles. The number of guanidine groups is 1. The van der Waals surface area contributed by atoms with E-state index in [0.717, 1.165) is 12.7 Å². The van der Waals surface area contributed by atoms with Gasteiger partial charge in [-0.3, -0.25) is 4.99 Å². The van der Waals surface area contributed by atoms with Gasteiger partial charge in [-0.1, -0.05) is 37.1 Å². The molecular weight excluding hydrogens is 270 g/mol. The molecule has 0 amide bonds. The van der Waals surface area contributed by atoms with Crippen molar-refractivity contribution in [3.8, 4) is 0 Å². The lowest BCUT2D eigenvalue weighted by Gasteiger charge is -2.00. The molecule has 134 valence electrons. The van der Waals surface area contributed by atoms with Gasteiger partial charge in [0.25, 0.3) is 0 Å². The fourth-order valence-corrected chi connectivity index (χ4v) is 0.603. The van der Waals surface area contributed by atoms with Crippen LogP contribution in [0.3, 0.4) is 0 Å². The van der Waals surface area contributed by atoms with E-state index in [0.29, 0.717) is 19.3 Å². The molecule has 2 atom stereocenters. The number of hydrogen-bond donors (Lipinski definition) is 4. The van der Waals surface area contributed by atoms with E-state index < -0.39 is 0 Å². The maximum atomic E-state index is 10.0. The van der Waals surface area contributed by atoms with Gasteiger partial charge >= 0.3 is 0 Å². The predicted molar refractivity (Wildman–Crippen MR) is 97.3 cm³/mol. The Bertz CT molecular complexity index is 239. The summed E-state index contributed by atoms with van der Waals surface area (Å²) in [5, 5.41) is 0. The summed E-state index contributed by atoms with van der Waals surface area (Å²) in [5.74, 6) is 0.0738. The van der Waals surface area contributed by atoms with E-state index in [1.54, 1.807) is 6.92 Å². The van der Waals surface area contributed by atoms with Gasteiger partial charge in [0.05, 0.1) is 12.1 Å². The second-order valence-corrected chi connectivity index (χ2v) is 3.24. The van der Waals surface area contributed by atoms with Crippen LogP contribution in [-0.4, -0.2) is 37.2 Å². The minimum Gasteiger partial charge on any atom is -0.370 e. The van der Waals surface area contributed by atoms with Crippen molar-refractivity contribution in [1.29, 1.82) is 0 Å². The summed E-state index contributed by atoms with van der Waals surface area (Å²) in [6.45, 7) is 2.16. The molecule has 0 heterocycles. The smallest absolute Gasteiger partial charge is 0.185 e. The van der Waals surface area contributed by atoms with Crippen LogP contribution < -0.4 is 22.9 Å². The van der Waals surface area contributed by atoms with Crippen molar-refractivity contribution >= 4 is 18.5 Å². The van der Waals surface area contributed by atoms with Crippen LogP contribution in [0, 0.1) is 0 Å². The standard InChI is InChI=1S/C6H14N4O.C3H7NO.5CH4/c7-5(4-11)2-1-3-10-6(8)9;1-3(4)2-5;;;;;/h4-5H,1-3,7H2,(H4,8,9,10);2-3H,4H2,1H3;5*1H4/t5-;3-;;;;;/m11...../s1/i;;1T2;;;;. The zero-order chi connectivity index (χ0) is 15.7. The van der Waals surface area contributed by atoms with Crippen molar-refractivity contribution in [3.63, 3.8) is 0 Å². The molecule has 8 N–H and O–H groups in total. The van der Waals surface area contributed by atoms with E-state index in [1.165, 1.54) is 0 Å². The van der Waals surface area contributed by atoms with Crippen LogP contribution in [0.5, 0.6) is 0 Å². The van der Waals surface area contributed by atoms with Crippen LogP contribution in [0.1, 0.15) is 59.6 Å². The van der Waals surface area contributed by atoms with Crippen molar-refractivity contribution in [3.05, 3.63) is 0 Å². The van der Waals surface area contributed by atoms with Gasteiger partial charge in [0, 0.05) is 9.29 Å². The first-order valence-electron chi connectivity index (χ1n) is 6.32. The van der Waals surface area contributed by atoms with E-state index in [-0.39, 0.29) is 55.1 Å². The van der Waals surface area contributed by atoms with Crippen molar-refractivity contribution in [2.24, 2.45) is 27.9 Å². The fraction of sp³-hybridized carbons (Fsp3) is 0.786. The summed E-state index contributed by atoms with van der Waals surface area (Å²) < 4.78 is 11.8. The second-order valence-electron chi connectivity index (χ2n) is 3.24. The third kappa shape index (κ3) is 55.7. The highest BCUT2D eigenvalue weighted by Gasteiger charge is 1.97. The van der Waals surface area contributed by atoms with Crippen molar-refractivity contribution in [2.75, 3.05) is 6.54 Å². The lowest BCUT2D eigenvalue weighted by Crippen LogP contribution is -2.24.